The van der Waals surface area contributed by atoms with E-state index < -0.39 is 14.9 Å². The van der Waals surface area contributed by atoms with E-state index in [4.69, 9.17) is 0 Å². The molecule has 9 heteroatoms. The van der Waals surface area contributed by atoms with Crippen molar-refractivity contribution >= 4 is 27.0 Å². The topological polar surface area (TPSA) is 96.8 Å². The lowest BCUT2D eigenvalue weighted by Crippen LogP contribution is -2.12. The predicted molar refractivity (Wildman–Crippen MR) is 73.1 cm³/mol. The average Bonchev–Trinajstić information content (AvgIpc) is 2.85. The molecule has 0 aliphatic carbocycles. The fourth-order valence-electron chi connectivity index (χ4n) is 1.52. The van der Waals surface area contributed by atoms with E-state index in [1.165, 1.54) is 6.20 Å². The molecule has 104 valence electrons. The molecule has 0 bridgehead atoms. The quantitative estimate of drug-likeness (QED) is 0.890. The van der Waals surface area contributed by atoms with Gasteiger partial charge in [0.25, 0.3) is 10.0 Å². The summed E-state index contributed by atoms with van der Waals surface area (Å²) in [5, 5.41) is 4.04. The molecule has 0 fully saturated rings. The SMILES string of the molecule is Cc1[nH]c(=O)sc1S(=O)(=O)Nc1cnn(C(C)C)c1. The summed E-state index contributed by atoms with van der Waals surface area (Å²) in [5.41, 5.74) is 0.702. The molecule has 7 nitrogen and oxygen atoms in total. The zero-order valence-electron chi connectivity index (χ0n) is 10.7. The van der Waals surface area contributed by atoms with Gasteiger partial charge in [-0.25, -0.2) is 8.42 Å². The summed E-state index contributed by atoms with van der Waals surface area (Å²) in [7, 11) is -3.75. The van der Waals surface area contributed by atoms with Gasteiger partial charge in [-0.1, -0.05) is 11.3 Å². The summed E-state index contributed by atoms with van der Waals surface area (Å²) in [6.07, 6.45) is 3.04. The van der Waals surface area contributed by atoms with Crippen LogP contribution in [0.5, 0.6) is 0 Å². The zero-order valence-corrected chi connectivity index (χ0v) is 12.3. The largest absolute Gasteiger partial charge is 0.315 e. The van der Waals surface area contributed by atoms with Crippen LogP contribution in [0.25, 0.3) is 0 Å². The van der Waals surface area contributed by atoms with Gasteiger partial charge in [0, 0.05) is 17.9 Å². The lowest BCUT2D eigenvalue weighted by Gasteiger charge is -2.05. The zero-order chi connectivity index (χ0) is 14.2. The Balaban J connectivity index is 2.31. The molecule has 2 heterocycles. The van der Waals surface area contributed by atoms with Gasteiger partial charge in [-0.3, -0.25) is 14.2 Å². The molecule has 0 aromatic carbocycles. The molecule has 2 aromatic rings. The third-order valence-electron chi connectivity index (χ3n) is 2.41. The summed E-state index contributed by atoms with van der Waals surface area (Å²) >= 11 is 0.665. The van der Waals surface area contributed by atoms with E-state index in [2.05, 4.69) is 14.8 Å². The van der Waals surface area contributed by atoms with E-state index in [0.717, 1.165) is 0 Å². The third-order valence-corrected chi connectivity index (χ3v) is 5.39. The molecule has 0 aliphatic rings. The van der Waals surface area contributed by atoms with Crippen molar-refractivity contribution in [2.45, 2.75) is 31.0 Å². The van der Waals surface area contributed by atoms with E-state index in [0.29, 0.717) is 22.7 Å². The fourth-order valence-corrected chi connectivity index (χ4v) is 3.85. The Hall–Kier alpha value is -1.61. The second-order valence-electron chi connectivity index (χ2n) is 4.34. The maximum absolute atomic E-state index is 12.1. The van der Waals surface area contributed by atoms with Crippen molar-refractivity contribution in [1.29, 1.82) is 0 Å². The highest BCUT2D eigenvalue weighted by atomic mass is 32.2. The first-order chi connectivity index (χ1) is 8.79. The van der Waals surface area contributed by atoms with Crippen molar-refractivity contribution in [3.05, 3.63) is 27.8 Å². The Morgan fingerprint density at radius 2 is 2.16 bits per heavy atom. The summed E-state index contributed by atoms with van der Waals surface area (Å²) in [4.78, 5) is 13.2. The number of hydrogen-bond donors (Lipinski definition) is 2. The maximum atomic E-state index is 12.1. The van der Waals surface area contributed by atoms with Gasteiger partial charge in [-0.05, 0) is 20.8 Å². The van der Waals surface area contributed by atoms with Gasteiger partial charge in [0.1, 0.15) is 0 Å². The van der Waals surface area contributed by atoms with Crippen LogP contribution in [0.1, 0.15) is 25.6 Å². The van der Waals surface area contributed by atoms with Crippen molar-refractivity contribution in [2.75, 3.05) is 4.72 Å². The molecule has 2 N–H and O–H groups in total. The van der Waals surface area contributed by atoms with Gasteiger partial charge in [-0.15, -0.1) is 0 Å². The molecule has 0 atom stereocenters. The number of aromatic nitrogens is 3. The molecule has 0 saturated carbocycles. The molecule has 0 unspecified atom stereocenters. The Morgan fingerprint density at radius 1 is 1.47 bits per heavy atom. The van der Waals surface area contributed by atoms with Crippen LogP contribution in [-0.4, -0.2) is 23.2 Å². The average molecular weight is 302 g/mol. The van der Waals surface area contributed by atoms with E-state index in [-0.39, 0.29) is 10.3 Å². The van der Waals surface area contributed by atoms with E-state index in [9.17, 15) is 13.2 Å². The molecular weight excluding hydrogens is 288 g/mol. The van der Waals surface area contributed by atoms with E-state index in [1.54, 1.807) is 17.8 Å². The maximum Gasteiger partial charge on any atom is 0.306 e. The number of anilines is 1. The molecule has 2 aromatic heterocycles. The summed E-state index contributed by atoms with van der Waals surface area (Å²) < 4.78 is 28.3. The van der Waals surface area contributed by atoms with Crippen LogP contribution < -0.4 is 9.60 Å². The number of aromatic amines is 1. The fraction of sp³-hybridized carbons (Fsp3) is 0.400. The van der Waals surface area contributed by atoms with Crippen LogP contribution >= 0.6 is 11.3 Å². The smallest absolute Gasteiger partial charge is 0.306 e. The third kappa shape index (κ3) is 2.87. The minimum absolute atomic E-state index is 0.00482. The van der Waals surface area contributed by atoms with Crippen molar-refractivity contribution < 1.29 is 8.42 Å². The number of aryl methyl sites for hydroxylation is 1. The number of nitrogens with zero attached hydrogens (tertiary/aromatic N) is 2. The van der Waals surface area contributed by atoms with Gasteiger partial charge in [-0.2, -0.15) is 5.10 Å². The second-order valence-corrected chi connectivity index (χ2v) is 7.20. The van der Waals surface area contributed by atoms with Crippen LogP contribution in [-0.2, 0) is 10.0 Å². The van der Waals surface area contributed by atoms with Crippen molar-refractivity contribution in [1.82, 2.24) is 14.8 Å². The monoisotopic (exact) mass is 302 g/mol. The Kier molecular flexibility index (Phi) is 3.50. The number of nitrogens with one attached hydrogen (secondary N) is 2. The van der Waals surface area contributed by atoms with Gasteiger partial charge in [0.05, 0.1) is 11.9 Å². The minimum Gasteiger partial charge on any atom is -0.315 e. The number of rotatable bonds is 4. The molecule has 0 radical (unpaired) electrons. The summed E-state index contributed by atoms with van der Waals surface area (Å²) in [5.74, 6) is 0. The number of thiazole rings is 1. The summed E-state index contributed by atoms with van der Waals surface area (Å²) in [6, 6.07) is 0.142. The van der Waals surface area contributed by atoms with Crippen LogP contribution in [0.15, 0.2) is 21.4 Å². The first kappa shape index (κ1) is 13.8. The van der Waals surface area contributed by atoms with Gasteiger partial charge in [0.2, 0.25) is 0 Å². The van der Waals surface area contributed by atoms with Crippen LogP contribution in [0.2, 0.25) is 0 Å². The number of H-pyrrole nitrogens is 1. The van der Waals surface area contributed by atoms with Gasteiger partial charge in [0.15, 0.2) is 4.21 Å². The Labute approximate surface area is 114 Å². The molecule has 2 rings (SSSR count). The van der Waals surface area contributed by atoms with E-state index >= 15 is 0 Å². The van der Waals surface area contributed by atoms with Crippen molar-refractivity contribution in [3.63, 3.8) is 0 Å². The molecule has 0 amide bonds. The summed E-state index contributed by atoms with van der Waals surface area (Å²) in [6.45, 7) is 5.42. The van der Waals surface area contributed by atoms with Crippen LogP contribution in [0.3, 0.4) is 0 Å². The minimum atomic E-state index is -3.75. The highest BCUT2D eigenvalue weighted by Crippen LogP contribution is 2.20. The molecule has 19 heavy (non-hydrogen) atoms. The lowest BCUT2D eigenvalue weighted by molar-refractivity contribution is 0.532. The standard InChI is InChI=1S/C10H14N4O3S2/c1-6(2)14-5-8(4-11-14)13-19(16,17)9-7(3)12-10(15)18-9/h4-6,13H,1-3H3,(H,12,15). The first-order valence-electron chi connectivity index (χ1n) is 5.56. The van der Waals surface area contributed by atoms with Crippen molar-refractivity contribution in [2.24, 2.45) is 0 Å². The van der Waals surface area contributed by atoms with Gasteiger partial charge >= 0.3 is 4.87 Å². The predicted octanol–water partition coefficient (Wildman–Crippen LogP) is 1.32. The highest BCUT2D eigenvalue weighted by Gasteiger charge is 2.21. The molecule has 0 saturated heterocycles. The normalized spacial score (nSPS) is 12.0. The Bertz CT molecular complexity index is 739. The van der Waals surface area contributed by atoms with Crippen molar-refractivity contribution in [3.8, 4) is 0 Å². The van der Waals surface area contributed by atoms with Gasteiger partial charge < -0.3 is 4.98 Å². The second kappa shape index (κ2) is 4.82. The highest BCUT2D eigenvalue weighted by molar-refractivity contribution is 7.94. The number of hydrogen-bond acceptors (Lipinski definition) is 5. The lowest BCUT2D eigenvalue weighted by atomic mass is 10.4. The molecular formula is C10H14N4O3S2. The first-order valence-corrected chi connectivity index (χ1v) is 7.86. The van der Waals surface area contributed by atoms with Crippen LogP contribution in [0.4, 0.5) is 5.69 Å². The number of sulfonamides is 1. The van der Waals surface area contributed by atoms with Crippen LogP contribution in [0, 0.1) is 6.92 Å². The molecule has 0 aliphatic heterocycles. The van der Waals surface area contributed by atoms with E-state index in [1.807, 2.05) is 13.8 Å². The molecule has 0 spiro atoms. The Morgan fingerprint density at radius 3 is 2.63 bits per heavy atom.